The van der Waals surface area contributed by atoms with Crippen LogP contribution in [0.2, 0.25) is 0 Å². The lowest BCUT2D eigenvalue weighted by Crippen LogP contribution is -2.41. The fourth-order valence-corrected chi connectivity index (χ4v) is 4.71. The maximum Gasteiger partial charge on any atom is 0.257 e. The molecule has 0 radical (unpaired) electrons. The van der Waals surface area contributed by atoms with Gasteiger partial charge >= 0.3 is 0 Å². The largest absolute Gasteiger partial charge is 0.454 e. The number of halogens is 2. The molecule has 2 aliphatic rings. The normalized spacial score (nSPS) is 16.9. The van der Waals surface area contributed by atoms with E-state index in [2.05, 4.69) is 4.98 Å². The van der Waals surface area contributed by atoms with Crippen molar-refractivity contribution >= 4 is 16.8 Å². The van der Waals surface area contributed by atoms with Gasteiger partial charge in [-0.15, -0.1) is 0 Å². The third-order valence-electron chi connectivity index (χ3n) is 6.19. The Kier molecular flexibility index (Phi) is 4.18. The number of ether oxygens (including phenoxy) is 2. The molecule has 0 saturated heterocycles. The van der Waals surface area contributed by atoms with Gasteiger partial charge in [0.15, 0.2) is 23.1 Å². The zero-order valence-corrected chi connectivity index (χ0v) is 16.9. The van der Waals surface area contributed by atoms with Crippen LogP contribution >= 0.6 is 0 Å². The number of hydrogen-bond acceptors (Lipinski definition) is 3. The lowest BCUT2D eigenvalue weighted by molar-refractivity contribution is 0.0685. The van der Waals surface area contributed by atoms with Crippen LogP contribution < -0.4 is 9.47 Å². The summed E-state index contributed by atoms with van der Waals surface area (Å²) in [4.78, 5) is 18.5. The Bertz CT molecular complexity index is 1380. The number of hydrogen-bond donors (Lipinski definition) is 1. The number of rotatable bonds is 2. The summed E-state index contributed by atoms with van der Waals surface area (Å²) in [6.07, 6.45) is 0.600. The quantitative estimate of drug-likeness (QED) is 0.487. The van der Waals surface area contributed by atoms with Crippen LogP contribution in [0.3, 0.4) is 0 Å². The maximum absolute atomic E-state index is 14.5. The highest BCUT2D eigenvalue weighted by Gasteiger charge is 2.36. The summed E-state index contributed by atoms with van der Waals surface area (Å²) >= 11 is 0. The third-order valence-corrected chi connectivity index (χ3v) is 6.19. The van der Waals surface area contributed by atoms with Gasteiger partial charge in [0, 0.05) is 23.1 Å². The van der Waals surface area contributed by atoms with E-state index in [1.165, 1.54) is 12.1 Å². The van der Waals surface area contributed by atoms with Crippen LogP contribution in [0, 0.1) is 11.6 Å². The topological polar surface area (TPSA) is 54.6 Å². The van der Waals surface area contributed by atoms with E-state index in [9.17, 15) is 13.6 Å². The maximum atomic E-state index is 14.5. The minimum Gasteiger partial charge on any atom is -0.454 e. The van der Waals surface area contributed by atoms with E-state index in [0.717, 1.165) is 33.8 Å². The Morgan fingerprint density at radius 3 is 2.75 bits per heavy atom. The van der Waals surface area contributed by atoms with Crippen LogP contribution in [0.15, 0.2) is 60.7 Å². The number of aromatic nitrogens is 1. The first-order valence-corrected chi connectivity index (χ1v) is 10.4. The van der Waals surface area contributed by atoms with E-state index in [4.69, 9.17) is 9.47 Å². The molecular weight excluding hydrogens is 414 g/mol. The fraction of sp³-hybridized carbons (Fsp3) is 0.160. The molecule has 5 nitrogen and oxygen atoms in total. The van der Waals surface area contributed by atoms with Gasteiger partial charge < -0.3 is 19.4 Å². The summed E-state index contributed by atoms with van der Waals surface area (Å²) in [5, 5.41) is 1.09. The van der Waals surface area contributed by atoms with Crippen molar-refractivity contribution in [3.05, 3.63) is 94.7 Å². The predicted octanol–water partition coefficient (Wildman–Crippen LogP) is 4.96. The summed E-state index contributed by atoms with van der Waals surface area (Å²) in [6.45, 7) is 0.501. The van der Waals surface area contributed by atoms with Crippen LogP contribution in [0.25, 0.3) is 10.9 Å². The van der Waals surface area contributed by atoms with Gasteiger partial charge in [-0.25, -0.2) is 8.78 Å². The molecule has 3 heterocycles. The van der Waals surface area contributed by atoms with E-state index >= 15 is 0 Å². The minimum atomic E-state index is -1.13. The molecule has 1 aromatic heterocycles. The van der Waals surface area contributed by atoms with Crippen molar-refractivity contribution in [2.24, 2.45) is 0 Å². The molecular formula is C25H18F2N2O3. The van der Waals surface area contributed by atoms with Crippen molar-refractivity contribution < 1.29 is 23.0 Å². The number of para-hydroxylation sites is 1. The van der Waals surface area contributed by atoms with E-state index in [1.54, 1.807) is 11.0 Å². The first-order valence-electron chi connectivity index (χ1n) is 10.4. The van der Waals surface area contributed by atoms with Crippen molar-refractivity contribution in [1.29, 1.82) is 0 Å². The number of nitrogens with zero attached hydrogens (tertiary/aromatic N) is 1. The van der Waals surface area contributed by atoms with Crippen LogP contribution in [0.1, 0.15) is 33.2 Å². The molecule has 4 aromatic rings. The smallest absolute Gasteiger partial charge is 0.257 e. The Labute approximate surface area is 182 Å². The Hall–Kier alpha value is -3.87. The molecule has 1 amide bonds. The molecule has 0 fully saturated rings. The number of carbonyl (C=O) groups is 1. The van der Waals surface area contributed by atoms with Gasteiger partial charge in [0.1, 0.15) is 0 Å². The zero-order valence-electron chi connectivity index (χ0n) is 16.9. The molecule has 1 atom stereocenters. The van der Waals surface area contributed by atoms with E-state index < -0.39 is 23.6 Å². The summed E-state index contributed by atoms with van der Waals surface area (Å²) in [5.74, 6) is -1.51. The van der Waals surface area contributed by atoms with Crippen molar-refractivity contribution in [2.75, 3.05) is 13.3 Å². The van der Waals surface area contributed by atoms with Gasteiger partial charge in [-0.05, 0) is 47.9 Å². The first-order chi connectivity index (χ1) is 15.6. The highest BCUT2D eigenvalue weighted by atomic mass is 19.2. The van der Waals surface area contributed by atoms with E-state index in [-0.39, 0.29) is 12.4 Å². The predicted molar refractivity (Wildman–Crippen MR) is 114 cm³/mol. The summed E-state index contributed by atoms with van der Waals surface area (Å²) < 4.78 is 39.4. The lowest BCUT2D eigenvalue weighted by Gasteiger charge is -2.36. The molecule has 0 unspecified atom stereocenters. The summed E-state index contributed by atoms with van der Waals surface area (Å²) in [5.41, 5.74) is 3.46. The number of aromatic amines is 1. The Balaban J connectivity index is 1.52. The molecule has 0 aliphatic carbocycles. The first kappa shape index (κ1) is 18.9. The van der Waals surface area contributed by atoms with E-state index in [0.29, 0.717) is 24.5 Å². The van der Waals surface area contributed by atoms with Gasteiger partial charge in [-0.2, -0.15) is 0 Å². The number of H-pyrrole nitrogens is 1. The van der Waals surface area contributed by atoms with Crippen LogP contribution in [0.5, 0.6) is 11.5 Å². The molecule has 0 saturated carbocycles. The Morgan fingerprint density at radius 1 is 1.00 bits per heavy atom. The number of nitrogens with one attached hydrogen (secondary N) is 1. The van der Waals surface area contributed by atoms with Gasteiger partial charge in [-0.1, -0.05) is 30.3 Å². The van der Waals surface area contributed by atoms with Gasteiger partial charge in [0.2, 0.25) is 6.79 Å². The molecule has 1 N–H and O–H groups in total. The minimum absolute atomic E-state index is 0.137. The molecule has 3 aromatic carbocycles. The number of benzene rings is 3. The number of carbonyl (C=O) groups excluding carboxylic acids is 1. The van der Waals surface area contributed by atoms with E-state index in [1.807, 2.05) is 36.4 Å². The van der Waals surface area contributed by atoms with Crippen molar-refractivity contribution in [3.63, 3.8) is 0 Å². The number of amides is 1. The molecule has 160 valence electrons. The van der Waals surface area contributed by atoms with Crippen LogP contribution in [-0.2, 0) is 6.42 Å². The molecule has 32 heavy (non-hydrogen) atoms. The van der Waals surface area contributed by atoms with Gasteiger partial charge in [0.05, 0.1) is 11.6 Å². The molecule has 7 heteroatoms. The van der Waals surface area contributed by atoms with Gasteiger partial charge in [0.25, 0.3) is 5.91 Å². The number of fused-ring (bicyclic) bond motifs is 4. The lowest BCUT2D eigenvalue weighted by atomic mass is 9.91. The molecule has 2 aliphatic heterocycles. The summed E-state index contributed by atoms with van der Waals surface area (Å²) in [7, 11) is 0. The molecule has 0 bridgehead atoms. The highest BCUT2D eigenvalue weighted by Crippen LogP contribution is 2.42. The van der Waals surface area contributed by atoms with Crippen LogP contribution in [-0.4, -0.2) is 29.1 Å². The SMILES string of the molecule is O=C(c1cccc(F)c1F)N1CCc2c([nH]c3ccccc23)[C@H]1c1ccc2c(c1)OCO2. The fourth-order valence-electron chi connectivity index (χ4n) is 4.71. The van der Waals surface area contributed by atoms with Gasteiger partial charge in [-0.3, -0.25) is 4.79 Å². The van der Waals surface area contributed by atoms with Crippen LogP contribution in [0.4, 0.5) is 8.78 Å². The zero-order chi connectivity index (χ0) is 21.8. The second kappa shape index (κ2) is 7.09. The highest BCUT2D eigenvalue weighted by molar-refractivity contribution is 5.96. The van der Waals surface area contributed by atoms with Crippen molar-refractivity contribution in [3.8, 4) is 11.5 Å². The second-order valence-corrected chi connectivity index (χ2v) is 7.93. The molecule has 6 rings (SSSR count). The van der Waals surface area contributed by atoms with Crippen molar-refractivity contribution in [1.82, 2.24) is 9.88 Å². The monoisotopic (exact) mass is 432 g/mol. The van der Waals surface area contributed by atoms with Crippen molar-refractivity contribution in [2.45, 2.75) is 12.5 Å². The average Bonchev–Trinajstić information content (AvgIpc) is 3.43. The Morgan fingerprint density at radius 2 is 1.84 bits per heavy atom. The summed E-state index contributed by atoms with van der Waals surface area (Å²) in [6, 6.07) is 16.6. The standard InChI is InChI=1S/C25H18F2N2O3/c26-18-6-3-5-17(22(18)27)25(30)29-11-10-16-15-4-1-2-7-19(15)28-23(16)24(29)14-8-9-20-21(12-14)32-13-31-20/h1-9,12,24,28H,10-11,13H2/t24-/m1/s1. The molecule has 0 spiro atoms. The third kappa shape index (κ3) is 2.77. The second-order valence-electron chi connectivity index (χ2n) is 7.93. The average molecular weight is 432 g/mol.